The van der Waals surface area contributed by atoms with Gasteiger partial charge in [-0.3, -0.25) is 33.8 Å². The van der Waals surface area contributed by atoms with Crippen LogP contribution in [0, 0.1) is 48.3 Å². The Morgan fingerprint density at radius 1 is 0.782 bits per heavy atom. The number of rotatable bonds is 8. The van der Waals surface area contributed by atoms with E-state index in [-0.39, 0.29) is 84.6 Å². The van der Waals surface area contributed by atoms with E-state index in [2.05, 4.69) is 34.4 Å². The number of Topliss-reactive ketones (excluding diaryl/α,β-unsaturated/α-hetero) is 2. The van der Waals surface area contributed by atoms with Crippen molar-refractivity contribution in [2.75, 3.05) is 53.4 Å². The van der Waals surface area contributed by atoms with Crippen molar-refractivity contribution in [3.05, 3.63) is 117 Å². The molecule has 6 aliphatic rings. The smallest absolute Gasteiger partial charge is 0.405 e. The number of aliphatic hydroxyl groups is 3. The highest BCUT2D eigenvalue weighted by atomic mass is 16.7. The number of fused-ring (bicyclic) bond motifs is 3. The van der Waals surface area contributed by atoms with Gasteiger partial charge in [-0.1, -0.05) is 97.9 Å². The number of primary amides is 1. The summed E-state index contributed by atoms with van der Waals surface area (Å²) < 4.78 is 45.7. The van der Waals surface area contributed by atoms with Crippen LogP contribution >= 0.6 is 0 Å². The number of ketones is 3. The van der Waals surface area contributed by atoms with Crippen molar-refractivity contribution in [3.63, 3.8) is 0 Å². The van der Waals surface area contributed by atoms with Crippen LogP contribution in [0.5, 0.6) is 17.2 Å². The average molecular weight is 1410 g/mol. The summed E-state index contributed by atoms with van der Waals surface area (Å²) in [5.74, 6) is -8.96. The summed E-state index contributed by atoms with van der Waals surface area (Å²) in [6, 6.07) is 0. The minimum absolute atomic E-state index is 0.0538. The molecule has 0 radical (unpaired) electrons. The van der Waals surface area contributed by atoms with Crippen molar-refractivity contribution in [3.8, 4) is 17.2 Å². The SMILES string of the molecule is COC1=C2C[C@@H](C)C[C@H](OC)[C@H](O)[C@@H](C)/C=C(\C)[C@H](OC(N)=O)[C@@H](OC)/C=C\C=C(/C)C(=O)NC(=CC1=O)C2=O.CO[C@H]1/C=C/O[C@@]2(C)Oc3c(C)c(O)c4c(O)c(c5c(c4c3C2=O)NC2(CCN(CC(C)C)CC2)N=5)=NC(=O)/C(C)=C\C=C\[C@H](C)[C@H](O)[C@@H](C)[C@@H](O)[C@@H](C)[C@H](OC(C)=O)[C@@H]1C. The molecule has 0 saturated carbocycles. The zero-order chi connectivity index (χ0) is 75.0. The number of phenolic OH excluding ortho intramolecular Hbond substituents is 2. The number of likely N-dealkylation sites (tertiary alicyclic amines) is 1. The van der Waals surface area contributed by atoms with Gasteiger partial charge in [0.15, 0.2) is 17.6 Å². The normalized spacial score (nSPS) is 32.7. The zero-order valence-corrected chi connectivity index (χ0v) is 61.2. The largest absolute Gasteiger partial charge is 0.507 e. The van der Waals surface area contributed by atoms with E-state index in [1.54, 1.807) is 97.9 Å². The number of allylic oxidation sites excluding steroid dienone is 6. The highest BCUT2D eigenvalue weighted by molar-refractivity contribution is 6.23. The van der Waals surface area contributed by atoms with E-state index in [9.17, 15) is 59.1 Å². The molecule has 0 unspecified atom stereocenters. The Morgan fingerprint density at radius 3 is 2.03 bits per heavy atom. The van der Waals surface area contributed by atoms with E-state index < -0.39 is 137 Å². The van der Waals surface area contributed by atoms with Gasteiger partial charge in [-0.05, 0) is 64.0 Å². The van der Waals surface area contributed by atoms with Crippen molar-refractivity contribution < 1.29 is 97.0 Å². The van der Waals surface area contributed by atoms with Crippen LogP contribution in [0.3, 0.4) is 0 Å². The van der Waals surface area contributed by atoms with Crippen LogP contribution in [0.25, 0.3) is 10.8 Å². The third-order valence-corrected chi connectivity index (χ3v) is 19.9. The lowest BCUT2D eigenvalue weighted by molar-refractivity contribution is -0.160. The lowest BCUT2D eigenvalue weighted by atomic mass is 9.78. The van der Waals surface area contributed by atoms with E-state index >= 15 is 0 Å². The maximum Gasteiger partial charge on any atom is 0.405 e. The number of hydrogen-bond donors (Lipinski definition) is 8. The second kappa shape index (κ2) is 33.6. The van der Waals surface area contributed by atoms with Crippen LogP contribution in [0.15, 0.2) is 105 Å². The molecular formula is C75H102N6O20. The van der Waals surface area contributed by atoms with Crippen molar-refractivity contribution in [1.29, 1.82) is 0 Å². The summed E-state index contributed by atoms with van der Waals surface area (Å²) in [5, 5.41) is 64.2. The predicted octanol–water partition coefficient (Wildman–Crippen LogP) is 7.16. The van der Waals surface area contributed by atoms with E-state index in [4.69, 9.17) is 48.6 Å². The van der Waals surface area contributed by atoms with Crippen LogP contribution in [0.4, 0.5) is 10.5 Å². The molecule has 26 heteroatoms. The van der Waals surface area contributed by atoms with E-state index in [0.717, 1.165) is 25.7 Å². The van der Waals surface area contributed by atoms with Gasteiger partial charge in [0.1, 0.15) is 40.1 Å². The van der Waals surface area contributed by atoms with Gasteiger partial charge < -0.3 is 84.7 Å². The second-order valence-corrected chi connectivity index (χ2v) is 28.1. The molecule has 552 valence electrons. The number of ether oxygens (including phenoxy) is 8. The molecule has 5 aliphatic heterocycles. The molecule has 3 amide bonds. The molecular weight excluding hydrogens is 1300 g/mol. The average Bonchev–Trinajstić information content (AvgIpc) is 1.56. The molecule has 8 rings (SSSR count). The van der Waals surface area contributed by atoms with Gasteiger partial charge in [0.05, 0.1) is 66.2 Å². The highest BCUT2D eigenvalue weighted by Crippen LogP contribution is 2.51. The maximum atomic E-state index is 14.7. The first kappa shape index (κ1) is 79.9. The van der Waals surface area contributed by atoms with Gasteiger partial charge in [-0.15, -0.1) is 0 Å². The Morgan fingerprint density at radius 2 is 1.43 bits per heavy atom. The van der Waals surface area contributed by atoms with Crippen LogP contribution in [0.1, 0.15) is 132 Å². The molecule has 101 heavy (non-hydrogen) atoms. The van der Waals surface area contributed by atoms with Crippen molar-refractivity contribution in [2.24, 2.45) is 57.1 Å². The Labute approximate surface area is 589 Å². The third kappa shape index (κ3) is 17.8. The molecule has 1 aliphatic carbocycles. The fraction of sp³-hybridized carbons (Fsp3) is 0.560. The van der Waals surface area contributed by atoms with Crippen molar-refractivity contribution in [1.82, 2.24) is 10.2 Å². The number of aliphatic hydroxyl groups excluding tert-OH is 3. The standard InChI is InChI=1S/C46H62N4O11.C29H40N2O9/c1-22(2)21-50-18-16-46(17-19-50)48-34-31-32-39(54)28(8)42-33(31)43(56)45(10,61-42)59-20-15-30(58-11)25(5)41(60-29(9)51)27(7)38(53)26(6)37(52)23(3)13-12-14-24(4)44(57)47-36(40(32)55)35(34)49-46;1-15-11-19-25(34)20(14-21(32)27(19)39-7)31-28(35)16(2)9-8-10-22(37-5)26(40-29(30)36)18(4)13-17(3)24(33)23(12-15)38-6/h12-15,20,22-23,25-27,30,37-38,41,48,52-55H,16-19,21H2,1-11H3;8-10,13-15,17,22-24,26,33H,11-12H2,1-7H3,(H2,30,36)(H,31,35)/b13-12+,20-15+,24-14-,47-36?;10-8-,16-9+,18-13+/t23-,25+,26+,27+,30-,37-,38+,41+,45-;15-,17+,22+,23+,24-,26+/m01/s1. The van der Waals surface area contributed by atoms with Gasteiger partial charge in [-0.25, -0.2) is 9.79 Å². The number of piperidine rings is 1. The topological polar surface area (TPSA) is 373 Å². The molecule has 26 nitrogen and oxygen atoms in total. The molecule has 2 aromatic carbocycles. The monoisotopic (exact) mass is 1410 g/mol. The van der Waals surface area contributed by atoms with Crippen LogP contribution in [-0.2, 0) is 57.1 Å². The number of methoxy groups -OCH3 is 4. The number of aromatic hydroxyl groups is 2. The number of benzene rings is 2. The second-order valence-electron chi connectivity index (χ2n) is 28.1. The first-order valence-corrected chi connectivity index (χ1v) is 34.2. The fourth-order valence-electron chi connectivity index (χ4n) is 14.0. The molecule has 1 spiro atoms. The number of carbonyl (C=O) groups excluding carboxylic acids is 7. The highest BCUT2D eigenvalue weighted by Gasteiger charge is 2.51. The Kier molecular flexibility index (Phi) is 26.6. The van der Waals surface area contributed by atoms with Crippen molar-refractivity contribution in [2.45, 2.75) is 183 Å². The molecule has 5 heterocycles. The Hall–Kier alpha value is -8.37. The number of anilines is 1. The molecule has 6 bridgehead atoms. The molecule has 1 fully saturated rings. The van der Waals surface area contributed by atoms with E-state index in [0.29, 0.717) is 36.4 Å². The number of nitrogens with two attached hydrogens (primary N) is 1. The quantitative estimate of drug-likeness (QED) is 0.0562. The zero-order valence-electron chi connectivity index (χ0n) is 61.2. The van der Waals surface area contributed by atoms with Crippen LogP contribution in [0.2, 0.25) is 0 Å². The van der Waals surface area contributed by atoms with Crippen LogP contribution in [-0.4, -0.2) is 180 Å². The predicted molar refractivity (Wildman–Crippen MR) is 374 cm³/mol. The molecule has 15 atom stereocenters. The summed E-state index contributed by atoms with van der Waals surface area (Å²) in [4.78, 5) is 103. The van der Waals surface area contributed by atoms with Gasteiger partial charge >= 0.3 is 17.8 Å². The summed E-state index contributed by atoms with van der Waals surface area (Å²) in [6.45, 7) is 26.5. The van der Waals surface area contributed by atoms with Gasteiger partial charge in [0, 0.05) is 131 Å². The fourth-order valence-corrected chi connectivity index (χ4v) is 14.0. The Balaban J connectivity index is 0.000000311. The number of amides is 3. The molecule has 0 aromatic heterocycles. The third-order valence-electron chi connectivity index (χ3n) is 19.9. The first-order chi connectivity index (χ1) is 47.5. The lowest BCUT2D eigenvalue weighted by Gasteiger charge is -2.38. The van der Waals surface area contributed by atoms with E-state index in [1.165, 1.54) is 61.5 Å². The Bertz CT molecular complexity index is 3910. The van der Waals surface area contributed by atoms with E-state index in [1.807, 2.05) is 6.92 Å². The van der Waals surface area contributed by atoms with Gasteiger partial charge in [-0.2, -0.15) is 0 Å². The number of hydrogen-bond acceptors (Lipinski definition) is 23. The minimum atomic E-state index is -1.95. The number of nitrogens with zero attached hydrogens (tertiary/aromatic N) is 3. The summed E-state index contributed by atoms with van der Waals surface area (Å²) in [7, 11) is 5.68. The first-order valence-electron chi connectivity index (χ1n) is 34.2. The number of nitrogens with one attached hydrogen (secondary N) is 2. The van der Waals surface area contributed by atoms with Gasteiger partial charge in [0.25, 0.3) is 17.6 Å². The molecule has 2 aromatic rings. The molecule has 9 N–H and O–H groups in total. The molecule has 1 saturated heterocycles. The summed E-state index contributed by atoms with van der Waals surface area (Å²) in [6.07, 6.45) is 8.69. The number of carbonyl (C=O) groups is 7. The number of esters is 1. The van der Waals surface area contributed by atoms with Gasteiger partial charge in [0.2, 0.25) is 11.6 Å². The minimum Gasteiger partial charge on any atom is -0.507 e. The van der Waals surface area contributed by atoms with Crippen molar-refractivity contribution >= 4 is 57.7 Å². The summed E-state index contributed by atoms with van der Waals surface area (Å²) >= 11 is 0. The van der Waals surface area contributed by atoms with Crippen LogP contribution < -0.4 is 31.8 Å². The summed E-state index contributed by atoms with van der Waals surface area (Å²) in [5.41, 5.74) is 6.01. The number of phenols is 2. The lowest BCUT2D eigenvalue weighted by Crippen LogP contribution is -2.47. The maximum absolute atomic E-state index is 14.7.